The maximum atomic E-state index is 5.75. The van der Waals surface area contributed by atoms with Crippen LogP contribution in [0.3, 0.4) is 0 Å². The van der Waals surface area contributed by atoms with Crippen LogP contribution in [0.4, 0.5) is 5.69 Å². The van der Waals surface area contributed by atoms with Crippen LogP contribution >= 0.6 is 0 Å². The minimum absolute atomic E-state index is 0.642. The molecule has 0 bridgehead atoms. The molecule has 0 aliphatic rings. The fourth-order valence-corrected chi connectivity index (χ4v) is 1.96. The van der Waals surface area contributed by atoms with Crippen molar-refractivity contribution < 1.29 is 4.74 Å². The van der Waals surface area contributed by atoms with E-state index in [0.717, 1.165) is 16.9 Å². The van der Waals surface area contributed by atoms with Gasteiger partial charge in [0, 0.05) is 23.5 Å². The fraction of sp³-hybridized carbons (Fsp3) is 0.154. The average molecular weight is 255 g/mol. The van der Waals surface area contributed by atoms with Crippen molar-refractivity contribution in [1.29, 1.82) is 0 Å². The smallest absolute Gasteiger partial charge is 0.173 e. The van der Waals surface area contributed by atoms with Crippen molar-refractivity contribution >= 4 is 11.3 Å². The van der Waals surface area contributed by atoms with E-state index < -0.39 is 0 Å². The molecule has 0 atom stereocenters. The number of rotatable bonds is 2. The number of benzene rings is 1. The number of anilines is 1. The summed E-state index contributed by atoms with van der Waals surface area (Å²) in [7, 11) is 1.60. The third kappa shape index (κ3) is 1.87. The Bertz CT molecular complexity index is 750. The van der Waals surface area contributed by atoms with Gasteiger partial charge in [-0.1, -0.05) is 0 Å². The Balaban J connectivity index is 2.24. The van der Waals surface area contributed by atoms with Crippen molar-refractivity contribution in [2.75, 3.05) is 12.8 Å². The number of fused-ring (bicyclic) bond motifs is 1. The second-order valence-corrected chi connectivity index (χ2v) is 4.24. The molecule has 3 rings (SSSR count). The molecule has 6 heteroatoms. The van der Waals surface area contributed by atoms with Crippen molar-refractivity contribution in [1.82, 2.24) is 19.6 Å². The van der Waals surface area contributed by atoms with Gasteiger partial charge in [0.1, 0.15) is 12.1 Å². The van der Waals surface area contributed by atoms with E-state index in [1.54, 1.807) is 25.6 Å². The topological polar surface area (TPSA) is 78.3 Å². The summed E-state index contributed by atoms with van der Waals surface area (Å²) in [5, 5.41) is 8.34. The first-order valence-corrected chi connectivity index (χ1v) is 5.80. The first-order chi connectivity index (χ1) is 9.19. The molecule has 0 radical (unpaired) electrons. The van der Waals surface area contributed by atoms with Gasteiger partial charge in [0.15, 0.2) is 11.5 Å². The van der Waals surface area contributed by atoms with Crippen LogP contribution < -0.4 is 10.5 Å². The van der Waals surface area contributed by atoms with Crippen LogP contribution in [0.1, 0.15) is 5.69 Å². The fourth-order valence-electron chi connectivity index (χ4n) is 1.96. The summed E-state index contributed by atoms with van der Waals surface area (Å²) in [4.78, 5) is 4.26. The maximum absolute atomic E-state index is 5.75. The zero-order valence-electron chi connectivity index (χ0n) is 10.7. The molecule has 1 aromatic carbocycles. The van der Waals surface area contributed by atoms with Crippen molar-refractivity contribution in [2.45, 2.75) is 6.92 Å². The van der Waals surface area contributed by atoms with Gasteiger partial charge < -0.3 is 10.5 Å². The lowest BCUT2D eigenvalue weighted by Gasteiger charge is -2.07. The highest BCUT2D eigenvalue weighted by Gasteiger charge is 2.13. The Morgan fingerprint density at radius 2 is 2.05 bits per heavy atom. The minimum atomic E-state index is 0.642. The third-order valence-electron chi connectivity index (χ3n) is 2.90. The molecule has 3 aromatic rings. The van der Waals surface area contributed by atoms with Gasteiger partial charge in [-0.15, -0.1) is 10.2 Å². The minimum Gasteiger partial charge on any atom is -0.496 e. The second kappa shape index (κ2) is 4.24. The summed E-state index contributed by atoms with van der Waals surface area (Å²) in [6, 6.07) is 7.31. The molecule has 0 unspecified atom stereocenters. The lowest BCUT2D eigenvalue weighted by Crippen LogP contribution is -1.96. The first kappa shape index (κ1) is 11.5. The van der Waals surface area contributed by atoms with E-state index in [2.05, 4.69) is 15.2 Å². The van der Waals surface area contributed by atoms with Gasteiger partial charge >= 0.3 is 0 Å². The number of methoxy groups -OCH3 is 1. The van der Waals surface area contributed by atoms with Gasteiger partial charge in [-0.2, -0.15) is 0 Å². The number of nitrogens with two attached hydrogens (primary N) is 1. The van der Waals surface area contributed by atoms with Gasteiger partial charge in [0.2, 0.25) is 0 Å². The summed E-state index contributed by atoms with van der Waals surface area (Å²) in [5.74, 6) is 1.34. The summed E-state index contributed by atoms with van der Waals surface area (Å²) in [5.41, 5.74) is 8.87. The number of aromatic nitrogens is 4. The molecule has 0 amide bonds. The van der Waals surface area contributed by atoms with Crippen LogP contribution in [0.15, 0.2) is 30.6 Å². The number of ether oxygens (including phenoxy) is 1. The average Bonchev–Trinajstić information content (AvgIpc) is 2.81. The van der Waals surface area contributed by atoms with Crippen LogP contribution in [0.5, 0.6) is 5.75 Å². The van der Waals surface area contributed by atoms with E-state index in [1.165, 1.54) is 0 Å². The van der Waals surface area contributed by atoms with Gasteiger partial charge in [-0.25, -0.2) is 4.98 Å². The maximum Gasteiger partial charge on any atom is 0.173 e. The van der Waals surface area contributed by atoms with Gasteiger partial charge in [0.05, 0.1) is 12.7 Å². The van der Waals surface area contributed by atoms with E-state index >= 15 is 0 Å². The molecule has 0 saturated carbocycles. The largest absolute Gasteiger partial charge is 0.496 e. The molecule has 2 aromatic heterocycles. The van der Waals surface area contributed by atoms with Gasteiger partial charge in [-0.3, -0.25) is 4.40 Å². The highest BCUT2D eigenvalue weighted by molar-refractivity contribution is 5.69. The molecular weight excluding hydrogens is 242 g/mol. The Morgan fingerprint density at radius 3 is 2.84 bits per heavy atom. The van der Waals surface area contributed by atoms with E-state index in [0.29, 0.717) is 17.3 Å². The van der Waals surface area contributed by atoms with Crippen LogP contribution in [-0.2, 0) is 0 Å². The number of hydrogen-bond donors (Lipinski definition) is 1. The Hall–Kier alpha value is -2.63. The summed E-state index contributed by atoms with van der Waals surface area (Å²) in [6.45, 7) is 1.91. The predicted molar refractivity (Wildman–Crippen MR) is 71.9 cm³/mol. The zero-order valence-corrected chi connectivity index (χ0v) is 10.7. The van der Waals surface area contributed by atoms with Gasteiger partial charge in [0.25, 0.3) is 0 Å². The molecule has 19 heavy (non-hydrogen) atoms. The van der Waals surface area contributed by atoms with E-state index in [1.807, 2.05) is 23.5 Å². The van der Waals surface area contributed by atoms with Crippen LogP contribution in [0, 0.1) is 6.92 Å². The van der Waals surface area contributed by atoms with Crippen molar-refractivity contribution in [2.24, 2.45) is 0 Å². The Morgan fingerprint density at radius 1 is 1.21 bits per heavy atom. The van der Waals surface area contributed by atoms with Crippen LogP contribution in [0.25, 0.3) is 17.0 Å². The number of nitrogen functional groups attached to an aromatic ring is 1. The van der Waals surface area contributed by atoms with E-state index in [9.17, 15) is 0 Å². The number of nitrogens with zero attached hydrogens (tertiary/aromatic N) is 4. The van der Waals surface area contributed by atoms with Crippen molar-refractivity contribution in [3.8, 4) is 17.1 Å². The second-order valence-electron chi connectivity index (χ2n) is 4.24. The molecule has 96 valence electrons. The van der Waals surface area contributed by atoms with Gasteiger partial charge in [-0.05, 0) is 19.1 Å². The van der Waals surface area contributed by atoms with E-state index in [4.69, 9.17) is 10.5 Å². The standard InChI is InChI=1S/C13H13N5O/c1-8-5-12-16-17-13(18(12)7-15-8)10-4-3-9(14)6-11(10)19-2/h3-7H,14H2,1-2H3. The lowest BCUT2D eigenvalue weighted by molar-refractivity contribution is 0.416. The molecule has 0 spiro atoms. The van der Waals surface area contributed by atoms with Crippen LogP contribution in [0.2, 0.25) is 0 Å². The molecule has 0 fully saturated rings. The third-order valence-corrected chi connectivity index (χ3v) is 2.90. The molecule has 0 aliphatic carbocycles. The zero-order chi connectivity index (χ0) is 13.4. The molecule has 6 nitrogen and oxygen atoms in total. The highest BCUT2D eigenvalue weighted by atomic mass is 16.5. The normalized spacial score (nSPS) is 10.8. The monoisotopic (exact) mass is 255 g/mol. The quantitative estimate of drug-likeness (QED) is 0.705. The predicted octanol–water partition coefficient (Wildman–Crippen LogP) is 1.69. The summed E-state index contributed by atoms with van der Waals surface area (Å²) in [6.07, 6.45) is 1.70. The van der Waals surface area contributed by atoms with Crippen LogP contribution in [-0.4, -0.2) is 26.7 Å². The molecule has 0 saturated heterocycles. The first-order valence-electron chi connectivity index (χ1n) is 5.80. The van der Waals surface area contributed by atoms with Crippen molar-refractivity contribution in [3.63, 3.8) is 0 Å². The summed E-state index contributed by atoms with van der Waals surface area (Å²) < 4.78 is 7.16. The van der Waals surface area contributed by atoms with E-state index in [-0.39, 0.29) is 0 Å². The van der Waals surface area contributed by atoms with Crippen molar-refractivity contribution in [3.05, 3.63) is 36.3 Å². The number of hydrogen-bond acceptors (Lipinski definition) is 5. The Kier molecular flexibility index (Phi) is 2.56. The number of aryl methyl sites for hydroxylation is 1. The Labute approximate surface area is 109 Å². The lowest BCUT2D eigenvalue weighted by atomic mass is 10.1. The molecule has 0 aliphatic heterocycles. The molecular formula is C13H13N5O. The highest BCUT2D eigenvalue weighted by Crippen LogP contribution is 2.30. The summed E-state index contributed by atoms with van der Waals surface area (Å²) >= 11 is 0. The molecule has 2 heterocycles. The SMILES string of the molecule is COc1cc(N)ccc1-c1nnc2cc(C)ncn12. The molecule has 2 N–H and O–H groups in total.